The van der Waals surface area contributed by atoms with Gasteiger partial charge in [0.05, 0.1) is 18.7 Å². The number of amides is 1. The minimum absolute atomic E-state index is 0.267. The van der Waals surface area contributed by atoms with Crippen LogP contribution in [0, 0.1) is 0 Å². The van der Waals surface area contributed by atoms with Crippen LogP contribution in [0.2, 0.25) is 0 Å². The molecule has 2 fully saturated rings. The van der Waals surface area contributed by atoms with Crippen molar-refractivity contribution in [1.29, 1.82) is 0 Å². The van der Waals surface area contributed by atoms with E-state index in [9.17, 15) is 17.6 Å². The number of hydrogen-bond acceptors (Lipinski definition) is 5. The van der Waals surface area contributed by atoms with Crippen molar-refractivity contribution in [2.45, 2.75) is 31.8 Å². The third-order valence-electron chi connectivity index (χ3n) is 3.17. The average Bonchev–Trinajstić information content (AvgIpc) is 2.44. The fourth-order valence-electron chi connectivity index (χ4n) is 1.83. The highest BCUT2D eigenvalue weighted by molar-refractivity contribution is 7.88. The summed E-state index contributed by atoms with van der Waals surface area (Å²) in [6, 6.07) is -1.08. The van der Waals surface area contributed by atoms with E-state index < -0.39 is 28.0 Å². The predicted molar refractivity (Wildman–Crippen MR) is 60.5 cm³/mol. The molecule has 0 aliphatic carbocycles. The molecular formula is C9H16FN3O4S. The van der Waals surface area contributed by atoms with Gasteiger partial charge in [-0.05, 0) is 13.8 Å². The van der Waals surface area contributed by atoms with E-state index in [1.807, 2.05) is 0 Å². The Morgan fingerprint density at radius 2 is 2.17 bits per heavy atom. The Morgan fingerprint density at radius 1 is 1.56 bits per heavy atom. The van der Waals surface area contributed by atoms with Crippen molar-refractivity contribution in [3.63, 3.8) is 0 Å². The van der Waals surface area contributed by atoms with Crippen molar-refractivity contribution in [2.24, 2.45) is 0 Å². The van der Waals surface area contributed by atoms with Gasteiger partial charge in [-0.25, -0.2) is 9.11 Å². The second-order valence-electron chi connectivity index (χ2n) is 4.64. The monoisotopic (exact) mass is 281 g/mol. The third kappa shape index (κ3) is 2.48. The van der Waals surface area contributed by atoms with Gasteiger partial charge in [-0.2, -0.15) is 12.7 Å². The van der Waals surface area contributed by atoms with Gasteiger partial charge in [-0.1, -0.05) is 0 Å². The predicted octanol–water partition coefficient (Wildman–Crippen LogP) is -1.27. The summed E-state index contributed by atoms with van der Waals surface area (Å²) in [4.78, 5) is 11.1. The molecule has 2 heterocycles. The molecule has 2 atom stereocenters. The first-order valence-corrected chi connectivity index (χ1v) is 7.06. The molecule has 2 saturated heterocycles. The molecule has 0 aromatic carbocycles. The van der Waals surface area contributed by atoms with E-state index in [0.29, 0.717) is 13.1 Å². The van der Waals surface area contributed by atoms with Gasteiger partial charge in [0.15, 0.2) is 0 Å². The largest absolute Gasteiger partial charge is 0.339 e. The van der Waals surface area contributed by atoms with Gasteiger partial charge in [-0.3, -0.25) is 4.79 Å². The van der Waals surface area contributed by atoms with E-state index in [0.717, 1.165) is 4.31 Å². The fraction of sp³-hybridized carbons (Fsp3) is 0.889. The van der Waals surface area contributed by atoms with Gasteiger partial charge >= 0.3 is 10.2 Å². The van der Waals surface area contributed by atoms with Crippen molar-refractivity contribution >= 4 is 16.1 Å². The number of hydrogen-bond donors (Lipinski definition) is 2. The third-order valence-corrected chi connectivity index (χ3v) is 4.72. The van der Waals surface area contributed by atoms with Crippen molar-refractivity contribution in [3.05, 3.63) is 0 Å². The van der Waals surface area contributed by atoms with Crippen molar-refractivity contribution < 1.29 is 22.3 Å². The standard InChI is InChI=1S/C9H16FN3O4S/c1-6(9(2,10)17-7-3-11-4-7)13-5-8(14)12-18(13,15)16/h6-7,11H,3-5H2,1-2H3,(H,12,14)/t6-,9?/m1/s1. The van der Waals surface area contributed by atoms with Crippen LogP contribution in [0.25, 0.3) is 0 Å². The van der Waals surface area contributed by atoms with E-state index in [-0.39, 0.29) is 12.6 Å². The van der Waals surface area contributed by atoms with Gasteiger partial charge in [0, 0.05) is 13.1 Å². The summed E-state index contributed by atoms with van der Waals surface area (Å²) < 4.78 is 45.3. The van der Waals surface area contributed by atoms with E-state index in [4.69, 9.17) is 4.74 Å². The molecule has 0 aromatic rings. The Labute approximate surface area is 105 Å². The molecule has 2 N–H and O–H groups in total. The summed E-state index contributed by atoms with van der Waals surface area (Å²) >= 11 is 0. The molecule has 7 nitrogen and oxygen atoms in total. The first-order valence-electron chi connectivity index (χ1n) is 5.62. The maximum atomic E-state index is 14.4. The van der Waals surface area contributed by atoms with E-state index in [1.54, 1.807) is 4.72 Å². The van der Waals surface area contributed by atoms with Gasteiger partial charge in [-0.15, -0.1) is 0 Å². The van der Waals surface area contributed by atoms with Crippen LogP contribution in [-0.4, -0.2) is 56.3 Å². The number of carbonyl (C=O) groups excluding carboxylic acids is 1. The Hall–Kier alpha value is -0.770. The highest BCUT2D eigenvalue weighted by Crippen LogP contribution is 2.27. The van der Waals surface area contributed by atoms with E-state index >= 15 is 0 Å². The molecule has 0 spiro atoms. The average molecular weight is 281 g/mol. The number of nitrogens with one attached hydrogen (secondary N) is 2. The maximum absolute atomic E-state index is 14.4. The van der Waals surface area contributed by atoms with Gasteiger partial charge in [0.25, 0.3) is 0 Å². The lowest BCUT2D eigenvalue weighted by molar-refractivity contribution is -0.201. The Kier molecular flexibility index (Phi) is 3.34. The van der Waals surface area contributed by atoms with E-state index in [2.05, 4.69) is 5.32 Å². The summed E-state index contributed by atoms with van der Waals surface area (Å²) in [5.74, 6) is -2.81. The maximum Gasteiger partial charge on any atom is 0.304 e. The molecule has 2 aliphatic heterocycles. The van der Waals surface area contributed by atoms with E-state index in [1.165, 1.54) is 13.8 Å². The number of carbonyl (C=O) groups is 1. The zero-order valence-corrected chi connectivity index (χ0v) is 11.0. The molecular weight excluding hydrogens is 265 g/mol. The zero-order chi connectivity index (χ0) is 13.6. The number of nitrogens with zero attached hydrogens (tertiary/aromatic N) is 1. The number of alkyl halides is 1. The van der Waals surface area contributed by atoms with Crippen molar-refractivity contribution in [1.82, 2.24) is 14.3 Å². The lowest BCUT2D eigenvalue weighted by Gasteiger charge is -2.38. The first kappa shape index (κ1) is 13.7. The lowest BCUT2D eigenvalue weighted by atomic mass is 10.1. The second kappa shape index (κ2) is 4.41. The quantitative estimate of drug-likeness (QED) is 0.670. The number of ether oxygens (including phenoxy) is 1. The normalized spacial score (nSPS) is 29.4. The summed E-state index contributed by atoms with van der Waals surface area (Å²) in [7, 11) is -3.94. The molecule has 2 aliphatic rings. The van der Waals surface area contributed by atoms with Crippen LogP contribution in [-0.2, 0) is 19.7 Å². The molecule has 2 rings (SSSR count). The molecule has 0 bridgehead atoms. The molecule has 1 amide bonds. The first-order chi connectivity index (χ1) is 8.22. The van der Waals surface area contributed by atoms with Crippen molar-refractivity contribution in [3.8, 4) is 0 Å². The Morgan fingerprint density at radius 3 is 2.56 bits per heavy atom. The molecule has 0 saturated carbocycles. The summed E-state index contributed by atoms with van der Waals surface area (Å²) in [5, 5.41) is 2.93. The minimum atomic E-state index is -3.94. The highest BCUT2D eigenvalue weighted by atomic mass is 32.2. The number of rotatable bonds is 4. The van der Waals surface area contributed by atoms with Crippen LogP contribution in [0.1, 0.15) is 13.8 Å². The molecule has 104 valence electrons. The summed E-state index contributed by atoms with van der Waals surface area (Å²) in [5.41, 5.74) is 0. The molecule has 0 aromatic heterocycles. The highest BCUT2D eigenvalue weighted by Gasteiger charge is 2.47. The topological polar surface area (TPSA) is 87.7 Å². The summed E-state index contributed by atoms with van der Waals surface area (Å²) in [6.45, 7) is 3.25. The summed E-state index contributed by atoms with van der Waals surface area (Å²) in [6.07, 6.45) is -0.267. The molecule has 9 heteroatoms. The second-order valence-corrected chi connectivity index (χ2v) is 6.26. The van der Waals surface area contributed by atoms with Gasteiger partial charge in [0.2, 0.25) is 11.8 Å². The van der Waals surface area contributed by atoms with Crippen LogP contribution in [0.15, 0.2) is 0 Å². The van der Waals surface area contributed by atoms with Crippen molar-refractivity contribution in [2.75, 3.05) is 19.6 Å². The van der Waals surface area contributed by atoms with Crippen LogP contribution < -0.4 is 10.0 Å². The Bertz CT molecular complexity index is 449. The van der Waals surface area contributed by atoms with Crippen LogP contribution in [0.5, 0.6) is 0 Å². The fourth-order valence-corrected chi connectivity index (χ4v) is 3.19. The molecule has 18 heavy (non-hydrogen) atoms. The molecule has 1 unspecified atom stereocenters. The van der Waals surface area contributed by atoms with Crippen LogP contribution in [0.4, 0.5) is 4.39 Å². The Balaban J connectivity index is 2.09. The van der Waals surface area contributed by atoms with Crippen LogP contribution >= 0.6 is 0 Å². The number of halogens is 1. The minimum Gasteiger partial charge on any atom is -0.339 e. The smallest absolute Gasteiger partial charge is 0.304 e. The van der Waals surface area contributed by atoms with Gasteiger partial charge in [0.1, 0.15) is 0 Å². The van der Waals surface area contributed by atoms with Gasteiger partial charge < -0.3 is 10.1 Å². The zero-order valence-electron chi connectivity index (χ0n) is 10.1. The lowest BCUT2D eigenvalue weighted by Crippen LogP contribution is -2.57. The molecule has 0 radical (unpaired) electrons. The SMILES string of the molecule is C[C@@H](N1CC(=O)NS1(=O)=O)C(C)(F)OC1CNC1. The van der Waals surface area contributed by atoms with Crippen LogP contribution in [0.3, 0.4) is 0 Å².